The maximum absolute atomic E-state index is 12.3. The third kappa shape index (κ3) is 3.16. The van der Waals surface area contributed by atoms with Crippen molar-refractivity contribution in [3.8, 4) is 16.9 Å². The molecule has 1 fully saturated rings. The largest absolute Gasteiger partial charge is 0.573 e. The molecule has 1 saturated carbocycles. The minimum Gasteiger partial charge on any atom is -0.481 e. The van der Waals surface area contributed by atoms with Gasteiger partial charge in [0, 0.05) is 0 Å². The molecule has 3 rings (SSSR count). The Balaban J connectivity index is 1.85. The van der Waals surface area contributed by atoms with E-state index in [1.165, 1.54) is 18.2 Å². The number of halogens is 3. The zero-order valence-corrected chi connectivity index (χ0v) is 11.9. The number of carboxylic acid groups (broad SMARTS) is 1. The minimum absolute atomic E-state index is 0.289. The van der Waals surface area contributed by atoms with Gasteiger partial charge in [0.25, 0.3) is 0 Å². The topological polar surface area (TPSA) is 46.5 Å². The Kier molecular flexibility index (Phi) is 3.55. The van der Waals surface area contributed by atoms with Crippen LogP contribution in [0.15, 0.2) is 48.5 Å². The van der Waals surface area contributed by atoms with E-state index in [1.807, 2.05) is 0 Å². The van der Waals surface area contributed by atoms with Crippen LogP contribution in [0.3, 0.4) is 0 Å². The summed E-state index contributed by atoms with van der Waals surface area (Å²) in [5.41, 5.74) is 1.19. The summed E-state index contributed by atoms with van der Waals surface area (Å²) < 4.78 is 40.7. The molecule has 120 valence electrons. The molecule has 0 heterocycles. The van der Waals surface area contributed by atoms with E-state index in [1.54, 1.807) is 30.3 Å². The summed E-state index contributed by atoms with van der Waals surface area (Å²) in [6.45, 7) is 0. The standard InChI is InChI=1S/C17H13F3O3/c18-17(19,20)23-14-3-1-2-12(10-14)11-4-6-13(7-5-11)16(8-9-16)15(21)22/h1-7,10H,8-9H2,(H,21,22). The van der Waals surface area contributed by atoms with E-state index in [2.05, 4.69) is 4.74 Å². The van der Waals surface area contributed by atoms with E-state index in [9.17, 15) is 23.1 Å². The van der Waals surface area contributed by atoms with Crippen LogP contribution in [0.2, 0.25) is 0 Å². The van der Waals surface area contributed by atoms with Crippen molar-refractivity contribution in [2.75, 3.05) is 0 Å². The van der Waals surface area contributed by atoms with Gasteiger partial charge in [0.1, 0.15) is 5.75 Å². The molecule has 1 aliphatic carbocycles. The van der Waals surface area contributed by atoms with Gasteiger partial charge in [0.2, 0.25) is 0 Å². The monoisotopic (exact) mass is 322 g/mol. The lowest BCUT2D eigenvalue weighted by molar-refractivity contribution is -0.274. The van der Waals surface area contributed by atoms with Crippen LogP contribution in [0.5, 0.6) is 5.75 Å². The van der Waals surface area contributed by atoms with Gasteiger partial charge in [-0.15, -0.1) is 13.2 Å². The van der Waals surface area contributed by atoms with Crippen LogP contribution in [0, 0.1) is 0 Å². The Morgan fingerprint density at radius 2 is 1.70 bits per heavy atom. The highest BCUT2D eigenvalue weighted by Crippen LogP contribution is 2.48. The summed E-state index contributed by atoms with van der Waals surface area (Å²) in [5.74, 6) is -1.13. The van der Waals surface area contributed by atoms with Crippen molar-refractivity contribution in [1.29, 1.82) is 0 Å². The normalized spacial score (nSPS) is 16.0. The van der Waals surface area contributed by atoms with E-state index in [0.29, 0.717) is 24.0 Å². The van der Waals surface area contributed by atoms with Crippen LogP contribution in [-0.4, -0.2) is 17.4 Å². The molecular weight excluding hydrogens is 309 g/mol. The number of rotatable bonds is 4. The molecule has 0 amide bonds. The molecule has 0 bridgehead atoms. The van der Waals surface area contributed by atoms with E-state index in [4.69, 9.17) is 0 Å². The third-order valence-corrected chi connectivity index (χ3v) is 4.00. The van der Waals surface area contributed by atoms with Crippen molar-refractivity contribution in [3.63, 3.8) is 0 Å². The lowest BCUT2D eigenvalue weighted by atomic mass is 9.94. The van der Waals surface area contributed by atoms with Crippen LogP contribution in [0.25, 0.3) is 11.1 Å². The van der Waals surface area contributed by atoms with E-state index in [-0.39, 0.29) is 5.75 Å². The first-order valence-corrected chi connectivity index (χ1v) is 7.00. The number of hydrogen-bond donors (Lipinski definition) is 1. The van der Waals surface area contributed by atoms with E-state index in [0.717, 1.165) is 5.56 Å². The maximum Gasteiger partial charge on any atom is 0.573 e. The molecule has 3 nitrogen and oxygen atoms in total. The van der Waals surface area contributed by atoms with Crippen molar-refractivity contribution in [2.45, 2.75) is 24.6 Å². The van der Waals surface area contributed by atoms with Crippen LogP contribution < -0.4 is 4.74 Å². The average Bonchev–Trinajstić information content (AvgIpc) is 3.28. The Labute approximate surface area is 130 Å². The summed E-state index contributed by atoms with van der Waals surface area (Å²) in [6.07, 6.45) is -3.52. The molecule has 1 N–H and O–H groups in total. The number of benzene rings is 2. The van der Waals surface area contributed by atoms with Crippen molar-refractivity contribution >= 4 is 5.97 Å². The number of hydrogen-bond acceptors (Lipinski definition) is 2. The molecule has 2 aromatic rings. The third-order valence-electron chi connectivity index (χ3n) is 4.00. The lowest BCUT2D eigenvalue weighted by Gasteiger charge is -2.12. The Hall–Kier alpha value is -2.50. The first-order chi connectivity index (χ1) is 10.8. The Morgan fingerprint density at radius 1 is 1.04 bits per heavy atom. The molecule has 0 unspecified atom stereocenters. The lowest BCUT2D eigenvalue weighted by Crippen LogP contribution is -2.19. The Morgan fingerprint density at radius 3 is 2.22 bits per heavy atom. The van der Waals surface area contributed by atoms with Crippen molar-refractivity contribution in [3.05, 3.63) is 54.1 Å². The molecule has 0 aliphatic heterocycles. The van der Waals surface area contributed by atoms with Crippen LogP contribution in [0.4, 0.5) is 13.2 Å². The first kappa shape index (κ1) is 15.4. The summed E-state index contributed by atoms with van der Waals surface area (Å²) in [5, 5.41) is 9.27. The minimum atomic E-state index is -4.73. The van der Waals surface area contributed by atoms with Gasteiger partial charge in [-0.3, -0.25) is 4.79 Å². The highest BCUT2D eigenvalue weighted by molar-refractivity contribution is 5.85. The zero-order valence-electron chi connectivity index (χ0n) is 11.9. The second-order valence-electron chi connectivity index (χ2n) is 5.54. The average molecular weight is 322 g/mol. The summed E-state index contributed by atoms with van der Waals surface area (Å²) in [7, 11) is 0. The zero-order chi connectivity index (χ0) is 16.7. The van der Waals surface area contributed by atoms with Gasteiger partial charge in [-0.25, -0.2) is 0 Å². The predicted octanol–water partition coefficient (Wildman–Crippen LogP) is 4.37. The molecule has 6 heteroatoms. The van der Waals surface area contributed by atoms with Crippen LogP contribution >= 0.6 is 0 Å². The number of carboxylic acids is 1. The second-order valence-corrected chi connectivity index (χ2v) is 5.54. The molecular formula is C17H13F3O3. The van der Waals surface area contributed by atoms with Gasteiger partial charge < -0.3 is 9.84 Å². The second kappa shape index (κ2) is 5.30. The van der Waals surface area contributed by atoms with Crippen molar-refractivity contribution < 1.29 is 27.8 Å². The fraction of sp³-hybridized carbons (Fsp3) is 0.235. The predicted molar refractivity (Wildman–Crippen MR) is 77.1 cm³/mol. The van der Waals surface area contributed by atoms with Gasteiger partial charge in [-0.1, -0.05) is 36.4 Å². The summed E-state index contributed by atoms with van der Waals surface area (Å²) in [6, 6.07) is 12.5. The van der Waals surface area contributed by atoms with Crippen molar-refractivity contribution in [2.24, 2.45) is 0 Å². The SMILES string of the molecule is O=C(O)C1(c2ccc(-c3cccc(OC(F)(F)F)c3)cc2)CC1. The molecule has 0 spiro atoms. The number of carbonyl (C=O) groups is 1. The van der Waals surface area contributed by atoms with Gasteiger partial charge >= 0.3 is 12.3 Å². The highest BCUT2D eigenvalue weighted by atomic mass is 19.4. The van der Waals surface area contributed by atoms with Crippen LogP contribution in [0.1, 0.15) is 18.4 Å². The number of ether oxygens (including phenoxy) is 1. The number of alkyl halides is 3. The fourth-order valence-corrected chi connectivity index (χ4v) is 2.61. The maximum atomic E-state index is 12.3. The Bertz CT molecular complexity index is 731. The smallest absolute Gasteiger partial charge is 0.481 e. The van der Waals surface area contributed by atoms with Crippen LogP contribution in [-0.2, 0) is 10.2 Å². The van der Waals surface area contributed by atoms with E-state index < -0.39 is 17.7 Å². The molecule has 0 radical (unpaired) electrons. The van der Waals surface area contributed by atoms with Crippen molar-refractivity contribution in [1.82, 2.24) is 0 Å². The molecule has 23 heavy (non-hydrogen) atoms. The molecule has 0 aromatic heterocycles. The molecule has 1 aliphatic rings. The van der Waals surface area contributed by atoms with Gasteiger partial charge in [-0.05, 0) is 41.7 Å². The van der Waals surface area contributed by atoms with Gasteiger partial charge in [0.15, 0.2) is 0 Å². The van der Waals surface area contributed by atoms with E-state index >= 15 is 0 Å². The highest BCUT2D eigenvalue weighted by Gasteiger charge is 2.51. The quantitative estimate of drug-likeness (QED) is 0.909. The van der Waals surface area contributed by atoms with Gasteiger partial charge in [-0.2, -0.15) is 0 Å². The molecule has 0 saturated heterocycles. The summed E-state index contributed by atoms with van der Waals surface area (Å²) in [4.78, 5) is 11.3. The molecule has 2 aromatic carbocycles. The first-order valence-electron chi connectivity index (χ1n) is 7.00. The summed E-state index contributed by atoms with van der Waals surface area (Å²) >= 11 is 0. The fourth-order valence-electron chi connectivity index (χ4n) is 2.61. The molecule has 0 atom stereocenters. The number of aliphatic carboxylic acids is 1. The van der Waals surface area contributed by atoms with Gasteiger partial charge in [0.05, 0.1) is 5.41 Å².